The monoisotopic (exact) mass is 1250 g/mol. The number of unbranched alkanes of at least 4 members (excludes halogenated alkanes) is 16. The quantitative estimate of drug-likeness (QED) is 0.0328. The Kier molecular flexibility index (Phi) is 49.7. The van der Waals surface area contributed by atoms with Crippen molar-refractivity contribution in [2.45, 2.75) is 219 Å². The molecule has 23 nitrogen and oxygen atoms in total. The van der Waals surface area contributed by atoms with E-state index >= 15 is 0 Å². The van der Waals surface area contributed by atoms with Gasteiger partial charge in [0.05, 0.1) is 58.3 Å². The lowest BCUT2D eigenvalue weighted by Gasteiger charge is -2.28. The van der Waals surface area contributed by atoms with Crippen LogP contribution in [0, 0.1) is 18.8 Å². The van der Waals surface area contributed by atoms with E-state index in [-0.39, 0.29) is 86.9 Å². The molecule has 504 valence electrons. The Labute approximate surface area is 525 Å². The summed E-state index contributed by atoms with van der Waals surface area (Å²) >= 11 is 0. The van der Waals surface area contributed by atoms with Gasteiger partial charge < -0.3 is 66.8 Å². The highest BCUT2D eigenvalue weighted by Crippen LogP contribution is 2.29. The van der Waals surface area contributed by atoms with Crippen LogP contribution >= 0.6 is 0 Å². The van der Waals surface area contributed by atoms with Crippen molar-refractivity contribution in [3.05, 3.63) is 35.4 Å². The summed E-state index contributed by atoms with van der Waals surface area (Å²) in [5.41, 5.74) is 7.63. The number of carbonyl (C=O) groups is 9. The molecule has 2 rings (SSSR count). The highest BCUT2D eigenvalue weighted by Gasteiger charge is 2.29. The molecule has 0 spiro atoms. The molecule has 6 amide bonds. The van der Waals surface area contributed by atoms with Crippen molar-refractivity contribution in [2.75, 3.05) is 92.6 Å². The molecule has 1 aromatic rings. The van der Waals surface area contributed by atoms with Crippen molar-refractivity contribution >= 4 is 53.2 Å². The van der Waals surface area contributed by atoms with E-state index in [0.717, 1.165) is 62.5 Å². The Morgan fingerprint density at radius 1 is 0.557 bits per heavy atom. The summed E-state index contributed by atoms with van der Waals surface area (Å²) in [5.74, 6) is -2.58. The zero-order valence-electron chi connectivity index (χ0n) is 54.0. The van der Waals surface area contributed by atoms with Crippen molar-refractivity contribution in [3.63, 3.8) is 0 Å². The average molecular weight is 1250 g/mol. The molecule has 0 heterocycles. The number of aryl methyl sites for hydroxylation is 1. The first-order chi connectivity index (χ1) is 42.4. The highest BCUT2D eigenvalue weighted by atomic mass is 16.5. The number of ketones is 1. The number of hydrogen-bond acceptors (Lipinski definition) is 15. The van der Waals surface area contributed by atoms with Gasteiger partial charge in [-0.3, -0.25) is 43.7 Å². The first kappa shape index (κ1) is 80.4. The minimum atomic E-state index is -0.967. The highest BCUT2D eigenvalue weighted by molar-refractivity contribution is 5.87. The number of likely N-dealkylation sites (N-methyl/N-ethyl adjacent to an activating group) is 1. The van der Waals surface area contributed by atoms with Crippen molar-refractivity contribution in [1.82, 2.24) is 37.2 Å². The van der Waals surface area contributed by atoms with Crippen LogP contribution in [-0.4, -0.2) is 174 Å². The number of Topliss-reactive ketones (excluding diaryl/α,β-unsaturated/α-hetero) is 1. The lowest BCUT2D eigenvalue weighted by atomic mass is 9.81. The SMILES string of the molecule is CCC[C@@H](NC(=O)C1CCC(CNC(=O)CCCCCCCCCCCCCCCCCCC(=O)O)CC1)C(=O)O.CN[C@@H](CCCCNC(=O)COCCOCCNC(=O)COCCOCCNC(C)=O)C(=O)CN[C@@H](Cc1ccc(C)cc1)C(N)=O. The Morgan fingerprint density at radius 2 is 1.06 bits per heavy atom. The predicted octanol–water partition coefficient (Wildman–Crippen LogP) is 6.13. The van der Waals surface area contributed by atoms with Crippen LogP contribution in [0.15, 0.2) is 24.3 Å². The molecule has 3 atom stereocenters. The maximum Gasteiger partial charge on any atom is 0.326 e. The molecular formula is C65H114N8O15. The number of primary amides is 1. The first-order valence-corrected chi connectivity index (χ1v) is 32.8. The van der Waals surface area contributed by atoms with Gasteiger partial charge in [0.15, 0.2) is 5.78 Å². The molecular weight excluding hydrogens is 1130 g/mol. The predicted molar refractivity (Wildman–Crippen MR) is 339 cm³/mol. The Morgan fingerprint density at radius 3 is 1.55 bits per heavy atom. The third kappa shape index (κ3) is 46.5. The summed E-state index contributed by atoms with van der Waals surface area (Å²) in [6.45, 7) is 8.80. The third-order valence-corrected chi connectivity index (χ3v) is 15.3. The second-order valence-electron chi connectivity index (χ2n) is 23.1. The summed E-state index contributed by atoms with van der Waals surface area (Å²) < 4.78 is 21.2. The zero-order chi connectivity index (χ0) is 64.8. The smallest absolute Gasteiger partial charge is 0.326 e. The maximum absolute atomic E-state index is 12.7. The number of aliphatic carboxylic acids is 2. The second-order valence-corrected chi connectivity index (χ2v) is 23.1. The number of carbonyl (C=O) groups excluding carboxylic acids is 7. The molecule has 0 aliphatic heterocycles. The fourth-order valence-electron chi connectivity index (χ4n) is 10.0. The van der Waals surface area contributed by atoms with Gasteiger partial charge in [-0.2, -0.15) is 0 Å². The van der Waals surface area contributed by atoms with E-state index in [1.54, 1.807) is 7.05 Å². The summed E-state index contributed by atoms with van der Waals surface area (Å²) in [7, 11) is 1.72. The van der Waals surface area contributed by atoms with Crippen LogP contribution in [0.25, 0.3) is 0 Å². The van der Waals surface area contributed by atoms with Crippen LogP contribution in [-0.2, 0) is 68.5 Å². The van der Waals surface area contributed by atoms with Crippen LogP contribution in [0.2, 0.25) is 0 Å². The molecule has 0 aromatic heterocycles. The van der Waals surface area contributed by atoms with Gasteiger partial charge in [-0.15, -0.1) is 0 Å². The summed E-state index contributed by atoms with van der Waals surface area (Å²) in [5, 5.41) is 37.7. The van der Waals surface area contributed by atoms with Crippen molar-refractivity contribution in [2.24, 2.45) is 17.6 Å². The van der Waals surface area contributed by atoms with Crippen LogP contribution in [0.5, 0.6) is 0 Å². The first-order valence-electron chi connectivity index (χ1n) is 32.8. The minimum absolute atomic E-state index is 0.0209. The molecule has 0 unspecified atom stereocenters. The fourth-order valence-corrected chi connectivity index (χ4v) is 10.0. The molecule has 1 aliphatic carbocycles. The average Bonchev–Trinajstić information content (AvgIpc) is 3.42. The van der Waals surface area contributed by atoms with E-state index < -0.39 is 29.9 Å². The Hall–Kier alpha value is -5.59. The van der Waals surface area contributed by atoms with Crippen molar-refractivity contribution < 1.29 is 72.3 Å². The molecule has 0 bridgehead atoms. The summed E-state index contributed by atoms with van der Waals surface area (Å²) in [4.78, 5) is 106. The maximum atomic E-state index is 12.7. The summed E-state index contributed by atoms with van der Waals surface area (Å²) in [6, 6.07) is 6.00. The molecule has 88 heavy (non-hydrogen) atoms. The van der Waals surface area contributed by atoms with E-state index in [2.05, 4.69) is 37.2 Å². The molecule has 1 saturated carbocycles. The largest absolute Gasteiger partial charge is 0.481 e. The molecule has 0 radical (unpaired) electrons. The van der Waals surface area contributed by atoms with Gasteiger partial charge in [0.2, 0.25) is 35.4 Å². The van der Waals surface area contributed by atoms with Gasteiger partial charge in [0.25, 0.3) is 0 Å². The van der Waals surface area contributed by atoms with Gasteiger partial charge in [0, 0.05) is 51.9 Å². The molecule has 0 saturated heterocycles. The number of carboxylic acids is 2. The Balaban J connectivity index is 0.000000888. The van der Waals surface area contributed by atoms with E-state index in [9.17, 15) is 48.3 Å². The molecule has 23 heteroatoms. The molecule has 11 N–H and O–H groups in total. The number of nitrogens with two attached hydrogens (primary N) is 1. The van der Waals surface area contributed by atoms with Crippen LogP contribution in [0.1, 0.15) is 198 Å². The van der Waals surface area contributed by atoms with E-state index in [1.165, 1.54) is 84.0 Å². The second kappa shape index (κ2) is 54.4. The molecule has 1 fully saturated rings. The minimum Gasteiger partial charge on any atom is -0.481 e. The number of amides is 6. The number of benzene rings is 1. The number of rotatable bonds is 55. The van der Waals surface area contributed by atoms with Crippen LogP contribution in [0.3, 0.4) is 0 Å². The standard InChI is InChI=1S/C33H60N2O6.C32H54N6O9/c1-2-19-29(33(40)41)35-32(39)28-24-22-27(23-25-28)26-34-30(36)20-17-15-13-11-9-7-5-3-4-6-8-10-12-14-16-18-21-31(37)38;1-24-7-9-26(10-8-24)20-28(32(33)43)38-21-29(40)27(34-3)6-4-5-11-36-30(41)22-46-19-17-45-15-13-37-31(42)23-47-18-16-44-14-12-35-25(2)39/h27-29H,2-26H2,1H3,(H,34,36)(H,35,39)(H,37,38)(H,40,41);7-10,27-28,34,38H,4-6,11-23H2,1-3H3,(H2,33,43)(H,35,39)(H,36,41)(H,37,42)/t27?,28?,29-;27-,28-/m10/s1. The van der Waals surface area contributed by atoms with Crippen LogP contribution in [0.4, 0.5) is 0 Å². The van der Waals surface area contributed by atoms with Gasteiger partial charge in [0.1, 0.15) is 19.3 Å². The molecule has 1 aliphatic rings. The van der Waals surface area contributed by atoms with Gasteiger partial charge in [-0.25, -0.2) is 4.79 Å². The Bertz CT molecular complexity index is 2060. The van der Waals surface area contributed by atoms with E-state index in [4.69, 9.17) is 29.8 Å². The summed E-state index contributed by atoms with van der Waals surface area (Å²) in [6.07, 6.45) is 27.0. The van der Waals surface area contributed by atoms with E-state index in [1.807, 2.05) is 38.1 Å². The van der Waals surface area contributed by atoms with Gasteiger partial charge in [-0.1, -0.05) is 133 Å². The number of hydrogen-bond donors (Lipinski definition) is 10. The molecule has 1 aromatic carbocycles. The van der Waals surface area contributed by atoms with Crippen LogP contribution < -0.4 is 43.0 Å². The lowest BCUT2D eigenvalue weighted by Crippen LogP contribution is -2.48. The lowest BCUT2D eigenvalue weighted by molar-refractivity contribution is -0.143. The van der Waals surface area contributed by atoms with E-state index in [0.29, 0.717) is 103 Å². The number of ether oxygens (including phenoxy) is 4. The van der Waals surface area contributed by atoms with Crippen molar-refractivity contribution in [1.29, 1.82) is 0 Å². The normalized spacial score (nSPS) is 14.7. The topological polar surface area (TPSA) is 341 Å². The van der Waals surface area contributed by atoms with Gasteiger partial charge in [-0.05, 0) is 96.1 Å². The number of nitrogens with one attached hydrogen (secondary N) is 7. The third-order valence-electron chi connectivity index (χ3n) is 15.3. The van der Waals surface area contributed by atoms with Gasteiger partial charge >= 0.3 is 11.9 Å². The zero-order valence-corrected chi connectivity index (χ0v) is 54.0. The van der Waals surface area contributed by atoms with Crippen molar-refractivity contribution in [3.8, 4) is 0 Å². The fraction of sp³-hybridized carbons (Fsp3) is 0.769. The number of carboxylic acid groups (broad SMARTS) is 2.